The van der Waals surface area contributed by atoms with Gasteiger partial charge in [0, 0.05) is 6.61 Å². The Morgan fingerprint density at radius 3 is 1.93 bits per heavy atom. The van der Waals surface area contributed by atoms with E-state index in [9.17, 15) is 0 Å². The summed E-state index contributed by atoms with van der Waals surface area (Å²) >= 11 is 0. The van der Waals surface area contributed by atoms with E-state index in [2.05, 4.69) is 24.3 Å². The molecular weight excluding hydrogens is 360 g/mol. The second-order valence-corrected chi connectivity index (χ2v) is 7.71. The van der Waals surface area contributed by atoms with Crippen molar-refractivity contribution in [1.82, 2.24) is 0 Å². The fraction of sp³-hybridized carbons (Fsp3) is 0.538. The first kappa shape index (κ1) is 23.4. The van der Waals surface area contributed by atoms with Crippen LogP contribution in [-0.2, 0) is 11.3 Å². The van der Waals surface area contributed by atoms with Crippen LogP contribution in [0.2, 0.25) is 0 Å². The first-order valence-electron chi connectivity index (χ1n) is 11.3. The number of para-hydroxylation sites is 1. The molecule has 29 heavy (non-hydrogen) atoms. The molecule has 0 amide bonds. The lowest BCUT2D eigenvalue weighted by Crippen LogP contribution is -2.13. The maximum Gasteiger partial charge on any atom is 0.119 e. The summed E-state index contributed by atoms with van der Waals surface area (Å²) in [6.07, 6.45) is 11.9. The predicted octanol–water partition coefficient (Wildman–Crippen LogP) is 6.54. The third kappa shape index (κ3) is 11.7. The quantitative estimate of drug-likeness (QED) is 0.307. The minimum Gasteiger partial charge on any atom is -0.494 e. The highest BCUT2D eigenvalue weighted by atomic mass is 16.5. The van der Waals surface area contributed by atoms with Gasteiger partial charge in [-0.25, -0.2) is 0 Å². The van der Waals surface area contributed by atoms with Gasteiger partial charge >= 0.3 is 0 Å². The summed E-state index contributed by atoms with van der Waals surface area (Å²) < 4.78 is 11.8. The van der Waals surface area contributed by atoms with Gasteiger partial charge in [-0.1, -0.05) is 87.1 Å². The molecule has 0 saturated carbocycles. The Bertz CT molecular complexity index is 600. The van der Waals surface area contributed by atoms with Gasteiger partial charge in [-0.3, -0.25) is 0 Å². The van der Waals surface area contributed by atoms with Crippen molar-refractivity contribution in [3.8, 4) is 5.75 Å². The first-order chi connectivity index (χ1) is 14.4. The summed E-state index contributed by atoms with van der Waals surface area (Å²) in [5.74, 6) is 0.970. The van der Waals surface area contributed by atoms with Gasteiger partial charge in [0.1, 0.15) is 5.75 Å². The number of benzene rings is 2. The largest absolute Gasteiger partial charge is 0.494 e. The van der Waals surface area contributed by atoms with Crippen molar-refractivity contribution in [2.45, 2.75) is 76.9 Å². The van der Waals surface area contributed by atoms with E-state index >= 15 is 0 Å². The lowest BCUT2D eigenvalue weighted by Gasteiger charge is -2.17. The summed E-state index contributed by atoms with van der Waals surface area (Å²) in [6, 6.07) is 20.4. The Balaban J connectivity index is 1.46. The molecular formula is C26H38O3. The van der Waals surface area contributed by atoms with Crippen LogP contribution in [0.3, 0.4) is 0 Å². The normalized spacial score (nSPS) is 12.0. The van der Waals surface area contributed by atoms with Crippen LogP contribution in [0.1, 0.15) is 69.8 Å². The van der Waals surface area contributed by atoms with Crippen molar-refractivity contribution in [2.24, 2.45) is 0 Å². The third-order valence-electron chi connectivity index (χ3n) is 5.20. The van der Waals surface area contributed by atoms with Gasteiger partial charge in [0.2, 0.25) is 0 Å². The van der Waals surface area contributed by atoms with E-state index in [1.165, 1.54) is 44.1 Å². The lowest BCUT2D eigenvalue weighted by atomic mass is 10.0. The molecule has 0 aromatic heterocycles. The standard InChI is InChI=1S/C26H38O3/c27-21-14-20-26(29-23-24-15-8-6-9-16-24)19-10-4-2-1-3-5-13-22-28-25-17-11-7-12-18-25/h6-9,11-12,15-18,26-27H,1-5,10,13-14,19-23H2. The molecule has 2 aromatic rings. The van der Waals surface area contributed by atoms with Gasteiger partial charge in [0.15, 0.2) is 0 Å². The van der Waals surface area contributed by atoms with E-state index in [0.29, 0.717) is 6.61 Å². The van der Waals surface area contributed by atoms with E-state index in [0.717, 1.165) is 38.0 Å². The molecule has 0 spiro atoms. The highest BCUT2D eigenvalue weighted by molar-refractivity contribution is 5.20. The van der Waals surface area contributed by atoms with Gasteiger partial charge in [0.25, 0.3) is 0 Å². The molecule has 3 heteroatoms. The molecule has 160 valence electrons. The molecule has 0 saturated heterocycles. The van der Waals surface area contributed by atoms with Crippen LogP contribution >= 0.6 is 0 Å². The Labute approximate surface area is 177 Å². The molecule has 1 N–H and O–H groups in total. The van der Waals surface area contributed by atoms with Crippen LogP contribution in [0.4, 0.5) is 0 Å². The van der Waals surface area contributed by atoms with Crippen molar-refractivity contribution in [3.05, 3.63) is 66.2 Å². The maximum absolute atomic E-state index is 9.13. The Morgan fingerprint density at radius 1 is 0.655 bits per heavy atom. The number of aliphatic hydroxyl groups is 1. The fourth-order valence-electron chi connectivity index (χ4n) is 3.48. The van der Waals surface area contributed by atoms with Gasteiger partial charge in [-0.05, 0) is 43.4 Å². The maximum atomic E-state index is 9.13. The van der Waals surface area contributed by atoms with Crippen molar-refractivity contribution < 1.29 is 14.6 Å². The number of hydrogen-bond donors (Lipinski definition) is 1. The average Bonchev–Trinajstić information content (AvgIpc) is 2.77. The molecule has 1 unspecified atom stereocenters. The van der Waals surface area contributed by atoms with Crippen LogP contribution in [-0.4, -0.2) is 24.4 Å². The first-order valence-corrected chi connectivity index (χ1v) is 11.3. The third-order valence-corrected chi connectivity index (χ3v) is 5.20. The Hall–Kier alpha value is -1.84. The van der Waals surface area contributed by atoms with Crippen molar-refractivity contribution in [1.29, 1.82) is 0 Å². The van der Waals surface area contributed by atoms with Crippen molar-refractivity contribution in [3.63, 3.8) is 0 Å². The summed E-state index contributed by atoms with van der Waals surface area (Å²) in [5.41, 5.74) is 1.22. The van der Waals surface area contributed by atoms with Gasteiger partial charge < -0.3 is 14.6 Å². The fourth-order valence-corrected chi connectivity index (χ4v) is 3.48. The summed E-state index contributed by atoms with van der Waals surface area (Å²) in [5, 5.41) is 9.13. The lowest BCUT2D eigenvalue weighted by molar-refractivity contribution is 0.0237. The van der Waals surface area contributed by atoms with E-state index in [-0.39, 0.29) is 12.7 Å². The van der Waals surface area contributed by atoms with Gasteiger partial charge in [0.05, 0.1) is 19.3 Å². The molecule has 2 aromatic carbocycles. The number of unbranched alkanes of at least 4 members (excludes halogenated alkanes) is 6. The average molecular weight is 399 g/mol. The Kier molecular flexibility index (Phi) is 12.9. The van der Waals surface area contributed by atoms with Crippen LogP contribution in [0.15, 0.2) is 60.7 Å². The number of rotatable bonds is 17. The molecule has 0 fully saturated rings. The molecule has 2 rings (SSSR count). The van der Waals surface area contributed by atoms with Crippen LogP contribution in [0.25, 0.3) is 0 Å². The zero-order chi connectivity index (χ0) is 20.4. The van der Waals surface area contributed by atoms with Crippen molar-refractivity contribution in [2.75, 3.05) is 13.2 Å². The van der Waals surface area contributed by atoms with Crippen LogP contribution in [0, 0.1) is 0 Å². The second-order valence-electron chi connectivity index (χ2n) is 7.71. The zero-order valence-electron chi connectivity index (χ0n) is 17.8. The number of ether oxygens (including phenoxy) is 2. The smallest absolute Gasteiger partial charge is 0.119 e. The molecule has 0 aliphatic carbocycles. The monoisotopic (exact) mass is 398 g/mol. The minimum atomic E-state index is 0.249. The van der Waals surface area contributed by atoms with Gasteiger partial charge in [-0.15, -0.1) is 0 Å². The Morgan fingerprint density at radius 2 is 1.24 bits per heavy atom. The molecule has 0 aliphatic rings. The molecule has 0 bridgehead atoms. The van der Waals surface area contributed by atoms with E-state index in [1.54, 1.807) is 0 Å². The summed E-state index contributed by atoms with van der Waals surface area (Å²) in [4.78, 5) is 0. The van der Waals surface area contributed by atoms with Gasteiger partial charge in [-0.2, -0.15) is 0 Å². The SMILES string of the molecule is OCCCC(CCCCCCCCCOc1ccccc1)OCc1ccccc1. The van der Waals surface area contributed by atoms with Crippen molar-refractivity contribution >= 4 is 0 Å². The molecule has 0 radical (unpaired) electrons. The van der Waals surface area contributed by atoms with E-state index in [1.807, 2.05) is 36.4 Å². The topological polar surface area (TPSA) is 38.7 Å². The molecule has 0 heterocycles. The summed E-state index contributed by atoms with van der Waals surface area (Å²) in [6.45, 7) is 1.73. The van der Waals surface area contributed by atoms with Crippen LogP contribution in [0.5, 0.6) is 5.75 Å². The molecule has 3 nitrogen and oxygen atoms in total. The number of aliphatic hydroxyl groups excluding tert-OH is 1. The van der Waals surface area contributed by atoms with E-state index in [4.69, 9.17) is 14.6 Å². The highest BCUT2D eigenvalue weighted by Crippen LogP contribution is 2.16. The number of hydrogen-bond acceptors (Lipinski definition) is 3. The molecule has 1 atom stereocenters. The zero-order valence-corrected chi connectivity index (χ0v) is 17.8. The minimum absolute atomic E-state index is 0.249. The second kappa shape index (κ2) is 16.0. The highest BCUT2D eigenvalue weighted by Gasteiger charge is 2.09. The molecule has 0 aliphatic heterocycles. The predicted molar refractivity (Wildman–Crippen MR) is 120 cm³/mol. The van der Waals surface area contributed by atoms with Crippen LogP contribution < -0.4 is 4.74 Å². The summed E-state index contributed by atoms with van der Waals surface area (Å²) in [7, 11) is 0. The van der Waals surface area contributed by atoms with E-state index < -0.39 is 0 Å².